The van der Waals surface area contributed by atoms with Gasteiger partial charge in [-0.25, -0.2) is 0 Å². The molecule has 0 spiro atoms. The van der Waals surface area contributed by atoms with Crippen molar-refractivity contribution in [2.24, 2.45) is 5.73 Å². The highest BCUT2D eigenvalue weighted by Crippen LogP contribution is 2.09. The largest absolute Gasteiger partial charge is 0.461 e. The minimum atomic E-state index is -0.605. The fourth-order valence-corrected chi connectivity index (χ4v) is 1.39. The predicted molar refractivity (Wildman–Crippen MR) is 62.0 cm³/mol. The van der Waals surface area contributed by atoms with E-state index in [4.69, 9.17) is 10.5 Å². The monoisotopic (exact) mass is 247 g/mol. The van der Waals surface area contributed by atoms with Gasteiger partial charge in [-0.1, -0.05) is 35.5 Å². The standard InChI is InChI=1S/C11H13N5O2/c12-9(11-13-15-16-14-11)6-10(17)18-7-8-4-2-1-3-5-8/h1-5,9H,6-7,12H2,(H,13,14,15,16)/t9-/m0/s1. The molecule has 0 aliphatic carbocycles. The molecule has 0 saturated heterocycles. The number of ether oxygens (including phenoxy) is 1. The van der Waals surface area contributed by atoms with Crippen molar-refractivity contribution in [2.75, 3.05) is 0 Å². The Balaban J connectivity index is 1.79. The van der Waals surface area contributed by atoms with Gasteiger partial charge < -0.3 is 10.5 Å². The maximum absolute atomic E-state index is 11.5. The summed E-state index contributed by atoms with van der Waals surface area (Å²) in [7, 11) is 0. The molecule has 2 aromatic rings. The van der Waals surface area contributed by atoms with E-state index in [0.29, 0.717) is 5.82 Å². The summed E-state index contributed by atoms with van der Waals surface area (Å²) in [6.45, 7) is 0.235. The lowest BCUT2D eigenvalue weighted by molar-refractivity contribution is -0.145. The number of rotatable bonds is 5. The molecule has 7 nitrogen and oxygen atoms in total. The minimum Gasteiger partial charge on any atom is -0.461 e. The van der Waals surface area contributed by atoms with Crippen LogP contribution in [-0.2, 0) is 16.1 Å². The molecule has 1 aromatic heterocycles. The van der Waals surface area contributed by atoms with Gasteiger partial charge in [0.2, 0.25) is 0 Å². The van der Waals surface area contributed by atoms with Gasteiger partial charge in [0.05, 0.1) is 12.5 Å². The molecule has 0 aliphatic rings. The second-order valence-corrected chi connectivity index (χ2v) is 3.73. The quantitative estimate of drug-likeness (QED) is 0.737. The fourth-order valence-electron chi connectivity index (χ4n) is 1.39. The molecule has 7 heteroatoms. The molecule has 0 amide bonds. The first-order valence-corrected chi connectivity index (χ1v) is 5.44. The van der Waals surface area contributed by atoms with Crippen LogP contribution in [0.4, 0.5) is 0 Å². The second-order valence-electron chi connectivity index (χ2n) is 3.73. The molecule has 1 aromatic carbocycles. The Morgan fingerprint density at radius 3 is 2.83 bits per heavy atom. The van der Waals surface area contributed by atoms with E-state index in [1.807, 2.05) is 30.3 Å². The number of nitrogens with two attached hydrogens (primary N) is 1. The van der Waals surface area contributed by atoms with Crippen LogP contribution in [0.1, 0.15) is 23.9 Å². The van der Waals surface area contributed by atoms with Gasteiger partial charge in [-0.15, -0.1) is 10.2 Å². The number of nitrogens with one attached hydrogen (secondary N) is 1. The van der Waals surface area contributed by atoms with Gasteiger partial charge in [-0.05, 0) is 5.56 Å². The van der Waals surface area contributed by atoms with Crippen molar-refractivity contribution >= 4 is 5.97 Å². The summed E-state index contributed by atoms with van der Waals surface area (Å²) >= 11 is 0. The molecule has 0 unspecified atom stereocenters. The number of esters is 1. The Morgan fingerprint density at radius 2 is 2.17 bits per heavy atom. The van der Waals surface area contributed by atoms with E-state index in [0.717, 1.165) is 5.56 Å². The maximum Gasteiger partial charge on any atom is 0.308 e. The van der Waals surface area contributed by atoms with Gasteiger partial charge in [-0.2, -0.15) is 5.21 Å². The first-order valence-electron chi connectivity index (χ1n) is 5.44. The summed E-state index contributed by atoms with van der Waals surface area (Å²) in [6, 6.07) is 8.82. The van der Waals surface area contributed by atoms with Crippen LogP contribution in [0, 0.1) is 0 Å². The van der Waals surface area contributed by atoms with E-state index >= 15 is 0 Å². The Hall–Kier alpha value is -2.28. The zero-order valence-corrected chi connectivity index (χ0v) is 9.61. The summed E-state index contributed by atoms with van der Waals surface area (Å²) < 4.78 is 5.09. The van der Waals surface area contributed by atoms with Crippen LogP contribution in [-0.4, -0.2) is 26.6 Å². The van der Waals surface area contributed by atoms with Crippen molar-refractivity contribution in [3.05, 3.63) is 41.7 Å². The van der Waals surface area contributed by atoms with Gasteiger partial charge in [-0.3, -0.25) is 4.79 Å². The summed E-state index contributed by atoms with van der Waals surface area (Å²) in [5.74, 6) is -0.0946. The number of benzene rings is 1. The maximum atomic E-state index is 11.5. The Kier molecular flexibility index (Phi) is 3.98. The molecule has 3 N–H and O–H groups in total. The van der Waals surface area contributed by atoms with Gasteiger partial charge in [0, 0.05) is 0 Å². The molecule has 1 heterocycles. The summed E-state index contributed by atoms with van der Waals surface area (Å²) in [6.07, 6.45) is 0.0202. The van der Waals surface area contributed by atoms with Crippen LogP contribution in [0.15, 0.2) is 30.3 Å². The number of tetrazole rings is 1. The summed E-state index contributed by atoms with van der Waals surface area (Å²) in [5.41, 5.74) is 6.65. The Bertz CT molecular complexity index is 485. The van der Waals surface area contributed by atoms with Crippen LogP contribution in [0.25, 0.3) is 0 Å². The fraction of sp³-hybridized carbons (Fsp3) is 0.273. The minimum absolute atomic E-state index is 0.0202. The molecule has 94 valence electrons. The van der Waals surface area contributed by atoms with Crippen LogP contribution < -0.4 is 5.73 Å². The number of aromatic nitrogens is 4. The normalized spacial score (nSPS) is 12.1. The summed E-state index contributed by atoms with van der Waals surface area (Å²) in [4.78, 5) is 11.5. The molecule has 2 rings (SSSR count). The van der Waals surface area contributed by atoms with Crippen molar-refractivity contribution in [3.63, 3.8) is 0 Å². The highest BCUT2D eigenvalue weighted by molar-refractivity contribution is 5.70. The second kappa shape index (κ2) is 5.87. The first-order chi connectivity index (χ1) is 8.75. The third kappa shape index (κ3) is 3.36. The lowest BCUT2D eigenvalue weighted by Gasteiger charge is -2.07. The first kappa shape index (κ1) is 12.2. The van der Waals surface area contributed by atoms with Crippen molar-refractivity contribution < 1.29 is 9.53 Å². The average molecular weight is 247 g/mol. The zero-order chi connectivity index (χ0) is 12.8. The Labute approximate surface area is 103 Å². The smallest absolute Gasteiger partial charge is 0.308 e. The van der Waals surface area contributed by atoms with Crippen LogP contribution in [0.5, 0.6) is 0 Å². The van der Waals surface area contributed by atoms with Crippen molar-refractivity contribution in [2.45, 2.75) is 19.1 Å². The number of hydrogen-bond acceptors (Lipinski definition) is 6. The highest BCUT2D eigenvalue weighted by Gasteiger charge is 2.16. The highest BCUT2D eigenvalue weighted by atomic mass is 16.5. The molecule has 0 radical (unpaired) electrons. The summed E-state index contributed by atoms with van der Waals surface area (Å²) in [5, 5.41) is 13.1. The van der Waals surface area contributed by atoms with E-state index < -0.39 is 12.0 Å². The van der Waals surface area contributed by atoms with Crippen LogP contribution >= 0.6 is 0 Å². The van der Waals surface area contributed by atoms with Gasteiger partial charge in [0.25, 0.3) is 0 Å². The molecule has 0 fully saturated rings. The van der Waals surface area contributed by atoms with Crippen molar-refractivity contribution in [3.8, 4) is 0 Å². The number of carbonyl (C=O) groups excluding carboxylic acids is 1. The third-order valence-corrected chi connectivity index (χ3v) is 2.32. The van der Waals surface area contributed by atoms with Crippen molar-refractivity contribution in [1.29, 1.82) is 0 Å². The van der Waals surface area contributed by atoms with E-state index in [2.05, 4.69) is 20.6 Å². The lowest BCUT2D eigenvalue weighted by Crippen LogP contribution is -2.18. The molecular formula is C11H13N5O2. The van der Waals surface area contributed by atoms with Crippen molar-refractivity contribution in [1.82, 2.24) is 20.6 Å². The van der Waals surface area contributed by atoms with Crippen LogP contribution in [0.3, 0.4) is 0 Å². The van der Waals surface area contributed by atoms with E-state index in [9.17, 15) is 4.79 Å². The molecule has 0 aliphatic heterocycles. The number of carbonyl (C=O) groups is 1. The van der Waals surface area contributed by atoms with Gasteiger partial charge in [0.15, 0.2) is 5.82 Å². The van der Waals surface area contributed by atoms with Gasteiger partial charge in [0.1, 0.15) is 6.61 Å². The predicted octanol–water partition coefficient (Wildman–Crippen LogP) is 0.333. The number of H-pyrrole nitrogens is 1. The van der Waals surface area contributed by atoms with E-state index in [-0.39, 0.29) is 13.0 Å². The zero-order valence-electron chi connectivity index (χ0n) is 9.61. The Morgan fingerprint density at radius 1 is 1.39 bits per heavy atom. The molecule has 1 atom stereocenters. The lowest BCUT2D eigenvalue weighted by atomic mass is 10.2. The average Bonchev–Trinajstić information content (AvgIpc) is 2.91. The van der Waals surface area contributed by atoms with Gasteiger partial charge >= 0.3 is 5.97 Å². The third-order valence-electron chi connectivity index (χ3n) is 2.32. The number of nitrogens with zero attached hydrogens (tertiary/aromatic N) is 3. The SMILES string of the molecule is N[C@@H](CC(=O)OCc1ccccc1)c1nn[nH]n1. The number of aromatic amines is 1. The molecule has 0 saturated carbocycles. The topological polar surface area (TPSA) is 107 Å². The number of hydrogen-bond donors (Lipinski definition) is 2. The van der Waals surface area contributed by atoms with E-state index in [1.54, 1.807) is 0 Å². The van der Waals surface area contributed by atoms with E-state index in [1.165, 1.54) is 0 Å². The van der Waals surface area contributed by atoms with Crippen LogP contribution in [0.2, 0.25) is 0 Å². The molecule has 18 heavy (non-hydrogen) atoms. The molecule has 0 bridgehead atoms. The molecular weight excluding hydrogens is 234 g/mol.